The number of hydrogen-bond donors (Lipinski definition) is 2. The van der Waals surface area contributed by atoms with Crippen LogP contribution in [0.15, 0.2) is 22.5 Å². The smallest absolute Gasteiger partial charge is 0.322 e. The number of carbonyl (C=O) groups is 2. The Bertz CT molecular complexity index is 779. The lowest BCUT2D eigenvalue weighted by Crippen LogP contribution is -2.53. The highest BCUT2D eigenvalue weighted by atomic mass is 32.1. The Morgan fingerprint density at radius 1 is 1.23 bits per heavy atom. The highest BCUT2D eigenvalue weighted by Gasteiger charge is 2.46. The van der Waals surface area contributed by atoms with E-state index in [-0.39, 0.29) is 24.4 Å². The van der Waals surface area contributed by atoms with Gasteiger partial charge in [0.25, 0.3) is 0 Å². The zero-order valence-corrected chi connectivity index (χ0v) is 18.6. The number of aliphatic carboxylic acids is 1. The molecule has 1 aliphatic heterocycles. The first kappa shape index (κ1) is 21.3. The van der Waals surface area contributed by atoms with Gasteiger partial charge in [-0.25, -0.2) is 0 Å². The number of nitrogens with zero attached hydrogens (tertiary/aromatic N) is 2. The van der Waals surface area contributed by atoms with Gasteiger partial charge in [0.2, 0.25) is 5.91 Å². The summed E-state index contributed by atoms with van der Waals surface area (Å²) in [6, 6.07) is 5.39. The highest BCUT2D eigenvalue weighted by molar-refractivity contribution is 7.10. The summed E-state index contributed by atoms with van der Waals surface area (Å²) in [5, 5.41) is 13.5. The van der Waals surface area contributed by atoms with E-state index in [0.717, 1.165) is 31.6 Å². The minimum atomic E-state index is -0.997. The third-order valence-corrected chi connectivity index (χ3v) is 8.08. The van der Waals surface area contributed by atoms with Gasteiger partial charge in [0.15, 0.2) is 0 Å². The minimum Gasteiger partial charge on any atom is -0.480 e. The Morgan fingerprint density at radius 3 is 2.80 bits per heavy atom. The van der Waals surface area contributed by atoms with Crippen LogP contribution in [-0.2, 0) is 16.0 Å². The number of nitrogens with one attached hydrogen (secondary N) is 1. The van der Waals surface area contributed by atoms with Gasteiger partial charge in [0, 0.05) is 23.3 Å². The molecule has 2 saturated carbocycles. The van der Waals surface area contributed by atoms with Gasteiger partial charge in [-0.2, -0.15) is 0 Å². The molecule has 1 aromatic heterocycles. The van der Waals surface area contributed by atoms with E-state index in [1.165, 1.54) is 42.8 Å². The lowest BCUT2D eigenvalue weighted by atomic mass is 9.78. The van der Waals surface area contributed by atoms with Gasteiger partial charge < -0.3 is 15.3 Å². The van der Waals surface area contributed by atoms with E-state index in [0.29, 0.717) is 12.1 Å². The molecule has 30 heavy (non-hydrogen) atoms. The van der Waals surface area contributed by atoms with Crippen molar-refractivity contribution in [3.8, 4) is 0 Å². The average Bonchev–Trinajstić information content (AvgIpc) is 3.38. The van der Waals surface area contributed by atoms with Gasteiger partial charge in [-0.05, 0) is 49.5 Å². The number of carboxylic acids is 1. The van der Waals surface area contributed by atoms with Crippen molar-refractivity contribution in [3.63, 3.8) is 0 Å². The van der Waals surface area contributed by atoms with Crippen LogP contribution in [0.2, 0.25) is 0 Å². The monoisotopic (exact) mass is 431 g/mol. The SMILES string of the molecule is CCC1CCCCC1N1C(Cc2cccs2)=NC2CC(C(=O)NCC(=O)O)CCC21. The summed E-state index contributed by atoms with van der Waals surface area (Å²) < 4.78 is 0. The van der Waals surface area contributed by atoms with Crippen molar-refractivity contribution in [1.82, 2.24) is 10.2 Å². The molecule has 6 nitrogen and oxygen atoms in total. The van der Waals surface area contributed by atoms with Crippen LogP contribution in [0.3, 0.4) is 0 Å². The van der Waals surface area contributed by atoms with Crippen LogP contribution in [0.25, 0.3) is 0 Å². The number of aliphatic imine (C=N–C) groups is 1. The lowest BCUT2D eigenvalue weighted by molar-refractivity contribution is -0.138. The summed E-state index contributed by atoms with van der Waals surface area (Å²) >= 11 is 1.79. The fourth-order valence-electron chi connectivity index (χ4n) is 5.76. The van der Waals surface area contributed by atoms with Gasteiger partial charge in [0.05, 0.1) is 12.1 Å². The van der Waals surface area contributed by atoms with Gasteiger partial charge in [-0.1, -0.05) is 32.3 Å². The fourth-order valence-corrected chi connectivity index (χ4v) is 6.46. The fraction of sp³-hybridized carbons (Fsp3) is 0.696. The van der Waals surface area contributed by atoms with Gasteiger partial charge >= 0.3 is 5.97 Å². The predicted molar refractivity (Wildman–Crippen MR) is 119 cm³/mol. The van der Waals surface area contributed by atoms with E-state index >= 15 is 0 Å². The van der Waals surface area contributed by atoms with E-state index in [1.54, 1.807) is 11.3 Å². The van der Waals surface area contributed by atoms with E-state index in [4.69, 9.17) is 10.1 Å². The second-order valence-corrected chi connectivity index (χ2v) is 10.0. The average molecular weight is 432 g/mol. The molecular weight excluding hydrogens is 398 g/mol. The molecule has 2 aliphatic carbocycles. The molecule has 5 atom stereocenters. The second-order valence-electron chi connectivity index (χ2n) is 8.99. The maximum atomic E-state index is 12.5. The van der Waals surface area contributed by atoms with Crippen LogP contribution in [0, 0.1) is 11.8 Å². The highest BCUT2D eigenvalue weighted by Crippen LogP contribution is 2.41. The van der Waals surface area contributed by atoms with E-state index in [2.05, 4.69) is 34.7 Å². The molecule has 2 N–H and O–H groups in total. The number of hydrogen-bond acceptors (Lipinski definition) is 5. The van der Waals surface area contributed by atoms with Crippen molar-refractivity contribution in [2.75, 3.05) is 6.54 Å². The molecule has 0 radical (unpaired) electrons. The molecule has 3 aliphatic rings. The first-order valence-electron chi connectivity index (χ1n) is 11.4. The van der Waals surface area contributed by atoms with Crippen LogP contribution < -0.4 is 5.32 Å². The van der Waals surface area contributed by atoms with Crippen LogP contribution in [0.5, 0.6) is 0 Å². The van der Waals surface area contributed by atoms with Crippen molar-refractivity contribution in [2.24, 2.45) is 16.8 Å². The number of carboxylic acid groups (broad SMARTS) is 1. The molecule has 4 rings (SSSR count). The standard InChI is InChI=1S/C23H33N3O3S/c1-2-15-6-3-4-8-19(15)26-20-10-9-16(23(29)24-14-22(27)28)12-18(20)25-21(26)13-17-7-5-11-30-17/h5,7,11,15-16,18-20H,2-4,6,8-10,12-14H2,1H3,(H,24,29)(H,27,28). The summed E-state index contributed by atoms with van der Waals surface area (Å²) in [7, 11) is 0. The minimum absolute atomic E-state index is 0.131. The Morgan fingerprint density at radius 2 is 2.07 bits per heavy atom. The van der Waals surface area contributed by atoms with Crippen LogP contribution in [-0.4, -0.2) is 52.4 Å². The topological polar surface area (TPSA) is 82.0 Å². The van der Waals surface area contributed by atoms with Gasteiger partial charge in [0.1, 0.15) is 12.4 Å². The molecule has 1 aromatic rings. The molecule has 164 valence electrons. The van der Waals surface area contributed by atoms with Gasteiger partial charge in [-0.15, -0.1) is 11.3 Å². The Balaban J connectivity index is 1.52. The third kappa shape index (κ3) is 4.56. The van der Waals surface area contributed by atoms with E-state index in [1.807, 2.05) is 0 Å². The van der Waals surface area contributed by atoms with E-state index in [9.17, 15) is 9.59 Å². The molecule has 2 fully saturated rings. The summed E-state index contributed by atoms with van der Waals surface area (Å²) in [5.41, 5.74) is 0. The first-order chi connectivity index (χ1) is 14.6. The number of fused-ring (bicyclic) bond motifs is 1. The third-order valence-electron chi connectivity index (χ3n) is 7.20. The number of thiophene rings is 1. The first-order valence-corrected chi connectivity index (χ1v) is 12.3. The van der Waals surface area contributed by atoms with Crippen molar-refractivity contribution in [1.29, 1.82) is 0 Å². The van der Waals surface area contributed by atoms with Crippen molar-refractivity contribution < 1.29 is 14.7 Å². The van der Waals surface area contributed by atoms with Crippen LogP contribution in [0.4, 0.5) is 0 Å². The molecule has 5 unspecified atom stereocenters. The summed E-state index contributed by atoms with van der Waals surface area (Å²) in [6.07, 6.45) is 9.77. The molecule has 0 spiro atoms. The van der Waals surface area contributed by atoms with Crippen LogP contribution >= 0.6 is 11.3 Å². The van der Waals surface area contributed by atoms with Crippen molar-refractivity contribution >= 4 is 29.0 Å². The molecule has 7 heteroatoms. The predicted octanol–water partition coefficient (Wildman–Crippen LogP) is 3.71. The quantitative estimate of drug-likeness (QED) is 0.689. The zero-order chi connectivity index (χ0) is 21.1. The van der Waals surface area contributed by atoms with Crippen molar-refractivity contribution in [2.45, 2.75) is 82.8 Å². The number of rotatable bonds is 7. The Hall–Kier alpha value is -1.89. The molecule has 2 heterocycles. The summed E-state index contributed by atoms with van der Waals surface area (Å²) in [6.45, 7) is 2.01. The normalized spacial score (nSPS) is 31.2. The van der Waals surface area contributed by atoms with Crippen molar-refractivity contribution in [3.05, 3.63) is 22.4 Å². The molecular formula is C23H33N3O3S. The lowest BCUT2D eigenvalue weighted by Gasteiger charge is -2.45. The Kier molecular flexibility index (Phi) is 6.76. The van der Waals surface area contributed by atoms with Crippen LogP contribution in [0.1, 0.15) is 63.2 Å². The van der Waals surface area contributed by atoms with E-state index < -0.39 is 5.97 Å². The molecule has 1 amide bonds. The number of amidine groups is 1. The maximum absolute atomic E-state index is 12.5. The summed E-state index contributed by atoms with van der Waals surface area (Å²) in [4.78, 5) is 32.5. The Labute approximate surface area is 182 Å². The second kappa shape index (κ2) is 9.50. The largest absolute Gasteiger partial charge is 0.480 e. The number of amides is 1. The number of carbonyl (C=O) groups excluding carboxylic acids is 1. The van der Waals surface area contributed by atoms with Gasteiger partial charge in [-0.3, -0.25) is 14.6 Å². The zero-order valence-electron chi connectivity index (χ0n) is 17.8. The summed E-state index contributed by atoms with van der Waals surface area (Å²) in [5.74, 6) is 0.675. The molecule has 0 bridgehead atoms. The molecule has 0 saturated heterocycles. The maximum Gasteiger partial charge on any atom is 0.322 e. The molecule has 0 aromatic carbocycles.